The smallest absolute Gasteiger partial charge is 0.277 e. The van der Waals surface area contributed by atoms with Crippen LogP contribution in [-0.2, 0) is 0 Å². The number of amides is 1. The molecule has 0 aliphatic carbocycles. The van der Waals surface area contributed by atoms with Gasteiger partial charge in [0.2, 0.25) is 5.95 Å². The maximum absolute atomic E-state index is 12.5. The molecule has 9 nitrogen and oxygen atoms in total. The van der Waals surface area contributed by atoms with Crippen LogP contribution in [0.1, 0.15) is 23.1 Å². The first kappa shape index (κ1) is 20.0. The van der Waals surface area contributed by atoms with Gasteiger partial charge in [0, 0.05) is 29.7 Å². The van der Waals surface area contributed by atoms with Gasteiger partial charge >= 0.3 is 0 Å². The lowest BCUT2D eigenvalue weighted by Gasteiger charge is -2.10. The van der Waals surface area contributed by atoms with Crippen molar-refractivity contribution in [3.05, 3.63) is 78.2 Å². The molecule has 0 bridgehead atoms. The monoisotopic (exact) mass is 414 g/mol. The lowest BCUT2D eigenvalue weighted by Crippen LogP contribution is -2.13. The van der Waals surface area contributed by atoms with Gasteiger partial charge in [-0.05, 0) is 50.2 Å². The highest BCUT2D eigenvalue weighted by Gasteiger charge is 2.12. The van der Waals surface area contributed by atoms with Crippen molar-refractivity contribution in [3.8, 4) is 5.69 Å². The van der Waals surface area contributed by atoms with Crippen LogP contribution in [0.25, 0.3) is 5.69 Å². The van der Waals surface area contributed by atoms with E-state index in [9.17, 15) is 4.79 Å². The van der Waals surface area contributed by atoms with Crippen LogP contribution in [0, 0.1) is 6.92 Å². The Morgan fingerprint density at radius 3 is 2.48 bits per heavy atom. The Morgan fingerprint density at radius 2 is 1.74 bits per heavy atom. The molecule has 4 aromatic rings. The second kappa shape index (κ2) is 9.04. The largest absolute Gasteiger partial charge is 0.354 e. The number of anilines is 4. The van der Waals surface area contributed by atoms with E-state index in [-0.39, 0.29) is 11.6 Å². The zero-order valence-corrected chi connectivity index (χ0v) is 17.2. The van der Waals surface area contributed by atoms with Gasteiger partial charge in [-0.25, -0.2) is 4.98 Å². The lowest BCUT2D eigenvalue weighted by atomic mass is 10.2. The Balaban J connectivity index is 1.41. The average molecular weight is 414 g/mol. The van der Waals surface area contributed by atoms with E-state index < -0.39 is 0 Å². The first-order valence-corrected chi connectivity index (χ1v) is 9.86. The summed E-state index contributed by atoms with van der Waals surface area (Å²) in [4.78, 5) is 22.7. The van der Waals surface area contributed by atoms with Gasteiger partial charge in [0.15, 0.2) is 5.69 Å². The van der Waals surface area contributed by atoms with Crippen LogP contribution in [0.4, 0.5) is 23.1 Å². The van der Waals surface area contributed by atoms with Crippen molar-refractivity contribution < 1.29 is 4.79 Å². The summed E-state index contributed by atoms with van der Waals surface area (Å²) >= 11 is 0. The summed E-state index contributed by atoms with van der Waals surface area (Å²) in [5.74, 6) is 0.944. The van der Waals surface area contributed by atoms with Crippen molar-refractivity contribution >= 4 is 29.0 Å². The van der Waals surface area contributed by atoms with Crippen LogP contribution in [-0.4, -0.2) is 37.4 Å². The minimum Gasteiger partial charge on any atom is -0.354 e. The molecule has 0 spiro atoms. The molecule has 31 heavy (non-hydrogen) atoms. The number of para-hydroxylation sites is 1. The highest BCUT2D eigenvalue weighted by Crippen LogP contribution is 2.19. The average Bonchev–Trinajstić information content (AvgIpc) is 3.26. The van der Waals surface area contributed by atoms with Gasteiger partial charge in [0.25, 0.3) is 5.91 Å². The maximum atomic E-state index is 12.5. The van der Waals surface area contributed by atoms with Crippen LogP contribution in [0.5, 0.6) is 0 Å². The molecule has 1 amide bonds. The molecule has 2 aromatic carbocycles. The number of nitrogens with one attached hydrogen (secondary N) is 3. The normalized spacial score (nSPS) is 10.5. The predicted octanol–water partition coefficient (Wildman–Crippen LogP) is 3.79. The van der Waals surface area contributed by atoms with Crippen LogP contribution >= 0.6 is 0 Å². The van der Waals surface area contributed by atoms with E-state index in [2.05, 4.69) is 36.1 Å². The maximum Gasteiger partial charge on any atom is 0.277 e. The van der Waals surface area contributed by atoms with E-state index in [0.717, 1.165) is 23.6 Å². The third-order valence-electron chi connectivity index (χ3n) is 4.32. The van der Waals surface area contributed by atoms with Gasteiger partial charge in [-0.15, -0.1) is 5.10 Å². The van der Waals surface area contributed by atoms with Gasteiger partial charge < -0.3 is 16.0 Å². The topological polar surface area (TPSA) is 110 Å². The molecule has 0 aliphatic rings. The number of benzene rings is 2. The van der Waals surface area contributed by atoms with Crippen molar-refractivity contribution in [2.45, 2.75) is 13.8 Å². The Hall–Kier alpha value is -4.27. The van der Waals surface area contributed by atoms with E-state index in [1.807, 2.05) is 62.4 Å². The summed E-state index contributed by atoms with van der Waals surface area (Å²) in [5, 5.41) is 17.6. The van der Waals surface area contributed by atoms with Crippen molar-refractivity contribution in [1.82, 2.24) is 25.0 Å². The second-order valence-electron chi connectivity index (χ2n) is 6.76. The van der Waals surface area contributed by atoms with Gasteiger partial charge in [-0.1, -0.05) is 18.2 Å². The summed E-state index contributed by atoms with van der Waals surface area (Å²) in [5.41, 5.74) is 3.37. The molecule has 4 rings (SSSR count). The molecular weight excluding hydrogens is 392 g/mol. The molecule has 0 saturated carbocycles. The molecular formula is C22H22N8O. The fourth-order valence-electron chi connectivity index (χ4n) is 2.90. The van der Waals surface area contributed by atoms with E-state index in [4.69, 9.17) is 0 Å². The lowest BCUT2D eigenvalue weighted by molar-refractivity contribution is 0.102. The highest BCUT2D eigenvalue weighted by molar-refractivity contribution is 6.02. The summed E-state index contributed by atoms with van der Waals surface area (Å²) in [6, 6.07) is 18.6. The number of nitrogens with zero attached hydrogens (tertiary/aromatic N) is 5. The van der Waals surface area contributed by atoms with Gasteiger partial charge in [-0.2, -0.15) is 14.9 Å². The molecule has 9 heteroatoms. The van der Waals surface area contributed by atoms with Crippen LogP contribution < -0.4 is 16.0 Å². The zero-order chi connectivity index (χ0) is 21.6. The number of hydrogen-bond donors (Lipinski definition) is 3. The molecule has 0 atom stereocenters. The summed E-state index contributed by atoms with van der Waals surface area (Å²) in [6.07, 6.45) is 1.44. The minimum atomic E-state index is -0.329. The summed E-state index contributed by atoms with van der Waals surface area (Å²) in [7, 11) is 0. The van der Waals surface area contributed by atoms with Crippen LogP contribution in [0.2, 0.25) is 0 Å². The number of hydrogen-bond acceptors (Lipinski definition) is 7. The van der Waals surface area contributed by atoms with Crippen molar-refractivity contribution in [2.75, 3.05) is 22.5 Å². The number of rotatable bonds is 7. The van der Waals surface area contributed by atoms with Crippen molar-refractivity contribution in [1.29, 1.82) is 0 Å². The molecule has 2 aromatic heterocycles. The van der Waals surface area contributed by atoms with E-state index >= 15 is 0 Å². The van der Waals surface area contributed by atoms with Gasteiger partial charge in [0.1, 0.15) is 5.82 Å². The molecule has 0 aliphatic heterocycles. The van der Waals surface area contributed by atoms with Crippen LogP contribution in [0.15, 0.2) is 66.9 Å². The third kappa shape index (κ3) is 5.02. The first-order chi connectivity index (χ1) is 15.1. The quantitative estimate of drug-likeness (QED) is 0.422. The van der Waals surface area contributed by atoms with E-state index in [0.29, 0.717) is 17.5 Å². The first-order valence-electron chi connectivity index (χ1n) is 9.86. The van der Waals surface area contributed by atoms with Crippen molar-refractivity contribution in [3.63, 3.8) is 0 Å². The standard InChI is InChI=1S/C22H22N8O/c1-3-23-22-25-15(2)13-20(28-22)26-16-9-11-17(12-10-16)27-21(31)19-14-24-30(29-19)18-7-5-4-6-8-18/h4-14H,3H2,1-2H3,(H,27,31)(H2,23,25,26,28). The second-order valence-corrected chi connectivity index (χ2v) is 6.76. The Bertz CT molecular complexity index is 1170. The zero-order valence-electron chi connectivity index (χ0n) is 17.2. The van der Waals surface area contributed by atoms with E-state index in [1.54, 1.807) is 12.1 Å². The fourth-order valence-corrected chi connectivity index (χ4v) is 2.90. The SMILES string of the molecule is CCNc1nc(C)cc(Nc2ccc(NC(=O)c3cnn(-c4ccccc4)n3)cc2)n1. The third-order valence-corrected chi connectivity index (χ3v) is 4.32. The summed E-state index contributed by atoms with van der Waals surface area (Å²) in [6.45, 7) is 4.66. The predicted molar refractivity (Wildman–Crippen MR) is 120 cm³/mol. The van der Waals surface area contributed by atoms with Gasteiger partial charge in [0.05, 0.1) is 11.9 Å². The number of aryl methyl sites for hydroxylation is 1. The van der Waals surface area contributed by atoms with Gasteiger partial charge in [-0.3, -0.25) is 4.79 Å². The van der Waals surface area contributed by atoms with Crippen LogP contribution in [0.3, 0.4) is 0 Å². The molecule has 0 fully saturated rings. The highest BCUT2D eigenvalue weighted by atomic mass is 16.2. The minimum absolute atomic E-state index is 0.235. The molecule has 2 heterocycles. The molecule has 0 radical (unpaired) electrons. The number of aromatic nitrogens is 5. The molecule has 3 N–H and O–H groups in total. The Kier molecular flexibility index (Phi) is 5.84. The Labute approximate surface area is 179 Å². The summed E-state index contributed by atoms with van der Waals surface area (Å²) < 4.78 is 0. The molecule has 156 valence electrons. The number of carbonyl (C=O) groups excluding carboxylic acids is 1. The fraction of sp³-hybridized carbons (Fsp3) is 0.136. The Morgan fingerprint density at radius 1 is 1.00 bits per heavy atom. The van der Waals surface area contributed by atoms with Crippen molar-refractivity contribution in [2.24, 2.45) is 0 Å². The molecule has 0 unspecified atom stereocenters. The number of carbonyl (C=O) groups is 1. The van der Waals surface area contributed by atoms with E-state index in [1.165, 1.54) is 11.0 Å². The molecule has 0 saturated heterocycles.